The molecule has 0 bridgehead atoms. The predicted octanol–water partition coefficient (Wildman–Crippen LogP) is 1.84. The Hall–Kier alpha value is -0.870. The van der Waals surface area contributed by atoms with Crippen molar-refractivity contribution in [3.8, 4) is 0 Å². The van der Waals surface area contributed by atoms with E-state index in [0.717, 1.165) is 30.9 Å². The van der Waals surface area contributed by atoms with Crippen molar-refractivity contribution in [3.63, 3.8) is 0 Å². The predicted molar refractivity (Wildman–Crippen MR) is 58.5 cm³/mol. The van der Waals surface area contributed by atoms with Crippen LogP contribution in [0.5, 0.6) is 0 Å². The molecule has 0 radical (unpaired) electrons. The van der Waals surface area contributed by atoms with Gasteiger partial charge in [-0.15, -0.1) is 0 Å². The third-order valence-electron chi connectivity index (χ3n) is 2.79. The van der Waals surface area contributed by atoms with Gasteiger partial charge < -0.3 is 14.9 Å². The lowest BCUT2D eigenvalue weighted by Gasteiger charge is -2.23. The molecule has 4 nitrogen and oxygen atoms in total. The highest BCUT2D eigenvalue weighted by molar-refractivity contribution is 5.05. The zero-order chi connectivity index (χ0) is 11.3. The minimum absolute atomic E-state index is 0.367. The minimum Gasteiger partial charge on any atom is -0.443 e. The average Bonchev–Trinajstić information content (AvgIpc) is 2.74. The summed E-state index contributed by atoms with van der Waals surface area (Å²) in [7, 11) is 1.69. The fraction of sp³-hybridized carbons (Fsp3) is 0.727. The molecule has 0 fully saturated rings. The van der Waals surface area contributed by atoms with E-state index in [1.165, 1.54) is 0 Å². The Morgan fingerprint density at radius 1 is 1.60 bits per heavy atom. The van der Waals surface area contributed by atoms with E-state index in [-0.39, 0.29) is 5.60 Å². The van der Waals surface area contributed by atoms with Crippen LogP contribution in [0.25, 0.3) is 0 Å². The zero-order valence-electron chi connectivity index (χ0n) is 9.75. The lowest BCUT2D eigenvalue weighted by molar-refractivity contribution is -0.0197. The molecule has 1 aromatic rings. The number of ether oxygens (including phenoxy) is 1. The maximum Gasteiger partial charge on any atom is 0.194 e. The van der Waals surface area contributed by atoms with E-state index in [0.29, 0.717) is 6.54 Å². The number of nitrogens with zero attached hydrogens (tertiary/aromatic N) is 1. The normalized spacial score (nSPS) is 15.2. The molecule has 1 aromatic heterocycles. The molecule has 0 amide bonds. The van der Waals surface area contributed by atoms with Gasteiger partial charge >= 0.3 is 0 Å². The first-order chi connectivity index (χ1) is 7.16. The topological polar surface area (TPSA) is 61.3 Å². The fourth-order valence-electron chi connectivity index (χ4n) is 1.34. The van der Waals surface area contributed by atoms with Gasteiger partial charge in [0, 0.05) is 13.5 Å². The smallest absolute Gasteiger partial charge is 0.194 e. The molecule has 1 atom stereocenters. The van der Waals surface area contributed by atoms with Crippen LogP contribution in [0.3, 0.4) is 0 Å². The zero-order valence-corrected chi connectivity index (χ0v) is 9.75. The summed E-state index contributed by atoms with van der Waals surface area (Å²) in [5.74, 6) is 1.53. The van der Waals surface area contributed by atoms with Crippen molar-refractivity contribution in [2.24, 2.45) is 5.73 Å². The van der Waals surface area contributed by atoms with Crippen LogP contribution in [0.4, 0.5) is 0 Å². The summed E-state index contributed by atoms with van der Waals surface area (Å²) in [4.78, 5) is 4.21. The van der Waals surface area contributed by atoms with Crippen molar-refractivity contribution < 1.29 is 9.15 Å². The van der Waals surface area contributed by atoms with E-state index in [9.17, 15) is 0 Å². The van der Waals surface area contributed by atoms with Gasteiger partial charge in [0.15, 0.2) is 11.7 Å². The van der Waals surface area contributed by atoms with Crippen LogP contribution in [-0.2, 0) is 16.8 Å². The molecule has 4 heteroatoms. The van der Waals surface area contributed by atoms with Crippen LogP contribution in [0.15, 0.2) is 10.6 Å². The lowest BCUT2D eigenvalue weighted by Crippen LogP contribution is -2.22. The summed E-state index contributed by atoms with van der Waals surface area (Å²) >= 11 is 0. The molecule has 15 heavy (non-hydrogen) atoms. The number of aryl methyl sites for hydroxylation is 1. The van der Waals surface area contributed by atoms with Gasteiger partial charge in [0.25, 0.3) is 0 Å². The minimum atomic E-state index is -0.367. The van der Waals surface area contributed by atoms with E-state index in [1.54, 1.807) is 13.3 Å². The summed E-state index contributed by atoms with van der Waals surface area (Å²) in [6.07, 6.45) is 4.30. The van der Waals surface area contributed by atoms with Crippen LogP contribution >= 0.6 is 0 Å². The molecule has 0 aliphatic heterocycles. The van der Waals surface area contributed by atoms with Gasteiger partial charge in [-0.2, -0.15) is 0 Å². The molecule has 86 valence electrons. The average molecular weight is 212 g/mol. The van der Waals surface area contributed by atoms with Crippen molar-refractivity contribution in [2.45, 2.75) is 38.7 Å². The number of methoxy groups -OCH3 is 1. The molecular weight excluding hydrogens is 192 g/mol. The van der Waals surface area contributed by atoms with E-state index in [2.05, 4.69) is 11.9 Å². The van der Waals surface area contributed by atoms with Crippen molar-refractivity contribution in [1.29, 1.82) is 0 Å². The Bertz CT molecular complexity index is 293. The summed E-state index contributed by atoms with van der Waals surface area (Å²) in [6, 6.07) is 0. The molecule has 0 saturated carbocycles. The highest BCUT2D eigenvalue weighted by Gasteiger charge is 2.28. The molecule has 0 aromatic carbocycles. The number of hydrogen-bond acceptors (Lipinski definition) is 4. The molecule has 1 heterocycles. The van der Waals surface area contributed by atoms with Crippen LogP contribution in [0, 0.1) is 0 Å². The lowest BCUT2D eigenvalue weighted by atomic mass is 10.0. The van der Waals surface area contributed by atoms with Crippen LogP contribution < -0.4 is 5.73 Å². The molecular formula is C11H20N2O2. The maximum atomic E-state index is 5.64. The molecule has 0 spiro atoms. The van der Waals surface area contributed by atoms with Gasteiger partial charge in [0.2, 0.25) is 0 Å². The summed E-state index contributed by atoms with van der Waals surface area (Å²) in [6.45, 7) is 4.72. The van der Waals surface area contributed by atoms with Crippen molar-refractivity contribution >= 4 is 0 Å². The van der Waals surface area contributed by atoms with Crippen LogP contribution in [0.2, 0.25) is 0 Å². The van der Waals surface area contributed by atoms with Crippen molar-refractivity contribution in [2.75, 3.05) is 13.7 Å². The highest BCUT2D eigenvalue weighted by atomic mass is 16.5. The third-order valence-corrected chi connectivity index (χ3v) is 2.79. The second-order valence-electron chi connectivity index (χ2n) is 3.80. The molecule has 0 aliphatic carbocycles. The molecule has 0 aliphatic rings. The van der Waals surface area contributed by atoms with E-state index < -0.39 is 0 Å². The summed E-state index contributed by atoms with van der Waals surface area (Å²) in [5.41, 5.74) is 5.06. The Balaban J connectivity index is 2.74. The molecule has 1 unspecified atom stereocenters. The Labute approximate surface area is 90.8 Å². The number of hydrogen-bond donors (Lipinski definition) is 1. The third kappa shape index (κ3) is 2.79. The first kappa shape index (κ1) is 12.2. The van der Waals surface area contributed by atoms with Crippen LogP contribution in [0.1, 0.15) is 38.3 Å². The van der Waals surface area contributed by atoms with Gasteiger partial charge in [0.05, 0.1) is 6.20 Å². The Morgan fingerprint density at radius 3 is 2.87 bits per heavy atom. The Morgan fingerprint density at radius 2 is 2.33 bits per heavy atom. The SMILES string of the molecule is CCC(C)(OC)c1cnc(CCCN)o1. The molecule has 0 saturated heterocycles. The van der Waals surface area contributed by atoms with Gasteiger partial charge in [-0.3, -0.25) is 0 Å². The number of rotatable bonds is 6. The maximum absolute atomic E-state index is 5.64. The number of nitrogens with two attached hydrogens (primary N) is 1. The van der Waals surface area contributed by atoms with E-state index in [1.807, 2.05) is 6.92 Å². The molecule has 1 rings (SSSR count). The fourth-order valence-corrected chi connectivity index (χ4v) is 1.34. The largest absolute Gasteiger partial charge is 0.443 e. The van der Waals surface area contributed by atoms with E-state index >= 15 is 0 Å². The first-order valence-electron chi connectivity index (χ1n) is 5.36. The second-order valence-corrected chi connectivity index (χ2v) is 3.80. The number of oxazole rings is 1. The highest BCUT2D eigenvalue weighted by Crippen LogP contribution is 2.28. The van der Waals surface area contributed by atoms with Gasteiger partial charge in [-0.25, -0.2) is 4.98 Å². The van der Waals surface area contributed by atoms with Crippen LogP contribution in [-0.4, -0.2) is 18.6 Å². The van der Waals surface area contributed by atoms with Gasteiger partial charge in [-0.1, -0.05) is 6.92 Å². The van der Waals surface area contributed by atoms with Crippen molar-refractivity contribution in [3.05, 3.63) is 17.8 Å². The quantitative estimate of drug-likeness (QED) is 0.781. The summed E-state index contributed by atoms with van der Waals surface area (Å²) in [5, 5.41) is 0. The van der Waals surface area contributed by atoms with Crippen molar-refractivity contribution in [1.82, 2.24) is 4.98 Å². The standard InChI is InChI=1S/C11H20N2O2/c1-4-11(2,14-3)9-8-13-10(15-9)6-5-7-12/h8H,4-7,12H2,1-3H3. The summed E-state index contributed by atoms with van der Waals surface area (Å²) < 4.78 is 11.1. The molecule has 2 N–H and O–H groups in total. The van der Waals surface area contributed by atoms with Gasteiger partial charge in [0.1, 0.15) is 5.60 Å². The second kappa shape index (κ2) is 5.28. The number of aromatic nitrogens is 1. The first-order valence-corrected chi connectivity index (χ1v) is 5.36. The van der Waals surface area contributed by atoms with E-state index in [4.69, 9.17) is 14.9 Å². The Kier molecular flexibility index (Phi) is 4.29. The monoisotopic (exact) mass is 212 g/mol. The van der Waals surface area contributed by atoms with Gasteiger partial charge in [-0.05, 0) is 26.3 Å².